The maximum atomic E-state index is 11.4. The Morgan fingerprint density at radius 3 is 2.20 bits per heavy atom. The first-order valence-corrected chi connectivity index (χ1v) is 6.81. The molecule has 0 atom stereocenters. The monoisotopic (exact) mass is 244 g/mol. The number of hydrogen-bond acceptors (Lipinski definition) is 5. The predicted molar refractivity (Wildman–Crippen MR) is 67.2 cm³/mol. The number of thioether (sulfide) groups is 2. The van der Waals surface area contributed by atoms with Crippen molar-refractivity contribution in [2.75, 3.05) is 11.5 Å². The summed E-state index contributed by atoms with van der Waals surface area (Å²) in [5.74, 6) is 2.11. The van der Waals surface area contributed by atoms with Gasteiger partial charge < -0.3 is 0 Å². The minimum atomic E-state index is -0.227. The average Bonchev–Trinajstić information content (AvgIpc) is 2.54. The molecule has 1 fully saturated rings. The average molecular weight is 244 g/mol. The van der Waals surface area contributed by atoms with Crippen LogP contribution < -0.4 is 0 Å². The first-order valence-electron chi connectivity index (χ1n) is 4.84. The molecule has 1 saturated heterocycles. The van der Waals surface area contributed by atoms with Gasteiger partial charge in [0.1, 0.15) is 5.70 Å². The summed E-state index contributed by atoms with van der Waals surface area (Å²) in [5, 5.41) is 8.23. The summed E-state index contributed by atoms with van der Waals surface area (Å²) >= 11 is 3.39. The molecule has 1 heterocycles. The van der Waals surface area contributed by atoms with Gasteiger partial charge in [0.05, 0.1) is 9.78 Å². The minimum absolute atomic E-state index is 0.0000926. The van der Waals surface area contributed by atoms with Crippen LogP contribution in [0.2, 0.25) is 0 Å². The Balaban J connectivity index is 2.89. The van der Waals surface area contributed by atoms with E-state index in [1.807, 2.05) is 20.8 Å². The zero-order chi connectivity index (χ0) is 11.5. The van der Waals surface area contributed by atoms with Gasteiger partial charge in [-0.3, -0.25) is 4.79 Å². The highest BCUT2D eigenvalue weighted by Crippen LogP contribution is 2.39. The molecule has 0 bridgehead atoms. The van der Waals surface area contributed by atoms with Gasteiger partial charge in [0, 0.05) is 18.4 Å². The van der Waals surface area contributed by atoms with E-state index in [0.29, 0.717) is 5.70 Å². The van der Waals surface area contributed by atoms with E-state index in [9.17, 15) is 4.79 Å². The van der Waals surface area contributed by atoms with Gasteiger partial charge in [0.2, 0.25) is 0 Å². The van der Waals surface area contributed by atoms with Crippen LogP contribution in [0.25, 0.3) is 0 Å². The number of rotatable bonds is 2. The minimum Gasteiger partial charge on any atom is -0.293 e. The first kappa shape index (κ1) is 12.8. The van der Waals surface area contributed by atoms with E-state index in [2.05, 4.69) is 10.2 Å². The summed E-state index contributed by atoms with van der Waals surface area (Å²) < 4.78 is 1.02. The highest BCUT2D eigenvalue weighted by molar-refractivity contribution is 8.25. The molecule has 0 aromatic rings. The molecular formula is C10H16N2OS2. The number of hydrogen-bond donors (Lipinski definition) is 0. The van der Waals surface area contributed by atoms with Crippen LogP contribution in [0.5, 0.6) is 0 Å². The zero-order valence-corrected chi connectivity index (χ0v) is 11.2. The topological polar surface area (TPSA) is 41.8 Å². The molecule has 15 heavy (non-hydrogen) atoms. The molecule has 0 aliphatic carbocycles. The zero-order valence-electron chi connectivity index (χ0n) is 9.53. The lowest BCUT2D eigenvalue weighted by molar-refractivity contribution is -0.113. The number of azo groups is 1. The molecule has 0 aromatic heterocycles. The van der Waals surface area contributed by atoms with E-state index in [0.717, 1.165) is 15.7 Å². The van der Waals surface area contributed by atoms with E-state index < -0.39 is 0 Å². The van der Waals surface area contributed by atoms with Crippen LogP contribution in [-0.4, -0.2) is 22.8 Å². The maximum Gasteiger partial charge on any atom is 0.181 e. The quantitative estimate of drug-likeness (QED) is 0.551. The SMILES string of the molecule is CC(=O)C(N=NC(C)(C)C)=C1SCCS1. The van der Waals surface area contributed by atoms with Crippen molar-refractivity contribution in [1.29, 1.82) is 0 Å². The highest BCUT2D eigenvalue weighted by atomic mass is 32.2. The van der Waals surface area contributed by atoms with E-state index in [1.54, 1.807) is 30.4 Å². The lowest BCUT2D eigenvalue weighted by Gasteiger charge is -2.09. The van der Waals surface area contributed by atoms with Crippen molar-refractivity contribution in [2.45, 2.75) is 33.2 Å². The molecule has 1 aliphatic rings. The second-order valence-corrected chi connectivity index (χ2v) is 6.73. The van der Waals surface area contributed by atoms with Gasteiger partial charge in [-0.15, -0.1) is 28.6 Å². The molecule has 0 radical (unpaired) electrons. The summed E-state index contributed by atoms with van der Waals surface area (Å²) in [6.45, 7) is 7.44. The lowest BCUT2D eigenvalue weighted by atomic mass is 10.1. The van der Waals surface area contributed by atoms with Crippen LogP contribution in [0.1, 0.15) is 27.7 Å². The Hall–Kier alpha value is -0.290. The lowest BCUT2D eigenvalue weighted by Crippen LogP contribution is -2.08. The third-order valence-corrected chi connectivity index (χ3v) is 4.22. The standard InChI is InChI=1S/C10H16N2OS2/c1-7(13)8(9-14-5-6-15-9)11-12-10(2,3)4/h5-6H2,1-4H3. The molecule has 84 valence electrons. The molecule has 5 heteroatoms. The Morgan fingerprint density at radius 2 is 1.80 bits per heavy atom. The van der Waals surface area contributed by atoms with Crippen molar-refractivity contribution in [3.63, 3.8) is 0 Å². The van der Waals surface area contributed by atoms with Crippen LogP contribution in [0.4, 0.5) is 0 Å². The third-order valence-electron chi connectivity index (χ3n) is 1.53. The fourth-order valence-corrected chi connectivity index (χ4v) is 3.42. The summed E-state index contributed by atoms with van der Waals surface area (Å²) in [5.41, 5.74) is 0.298. The molecule has 0 amide bonds. The maximum absolute atomic E-state index is 11.4. The van der Waals surface area contributed by atoms with Crippen molar-refractivity contribution < 1.29 is 4.79 Å². The fourth-order valence-electron chi connectivity index (χ4n) is 0.902. The van der Waals surface area contributed by atoms with E-state index in [-0.39, 0.29) is 11.3 Å². The van der Waals surface area contributed by atoms with E-state index >= 15 is 0 Å². The number of carbonyl (C=O) groups is 1. The molecule has 0 unspecified atom stereocenters. The largest absolute Gasteiger partial charge is 0.293 e. The Morgan fingerprint density at radius 1 is 1.27 bits per heavy atom. The first-order chi connectivity index (χ1) is 6.90. The summed E-state index contributed by atoms with van der Waals surface area (Å²) in [4.78, 5) is 11.4. The molecule has 0 N–H and O–H groups in total. The number of nitrogens with zero attached hydrogens (tertiary/aromatic N) is 2. The number of carbonyl (C=O) groups excluding carboxylic acids is 1. The second kappa shape index (κ2) is 5.16. The molecule has 1 aliphatic heterocycles. The van der Waals surface area contributed by atoms with Gasteiger partial charge >= 0.3 is 0 Å². The second-order valence-electron chi connectivity index (χ2n) is 4.26. The molecule has 0 aromatic carbocycles. The van der Waals surface area contributed by atoms with E-state index in [4.69, 9.17) is 0 Å². The van der Waals surface area contributed by atoms with Gasteiger partial charge in [0.25, 0.3) is 0 Å². The molecular weight excluding hydrogens is 228 g/mol. The van der Waals surface area contributed by atoms with Gasteiger partial charge in [-0.25, -0.2) is 0 Å². The Bertz CT molecular complexity index is 308. The normalized spacial score (nSPS) is 17.5. The molecule has 0 saturated carbocycles. The van der Waals surface area contributed by atoms with Crippen LogP contribution in [0.3, 0.4) is 0 Å². The van der Waals surface area contributed by atoms with Gasteiger partial charge in [-0.1, -0.05) is 0 Å². The van der Waals surface area contributed by atoms with Gasteiger partial charge in [-0.05, 0) is 20.8 Å². The Labute approximate surface area is 99.2 Å². The summed E-state index contributed by atoms with van der Waals surface area (Å²) in [6.07, 6.45) is 0. The van der Waals surface area contributed by atoms with Crippen LogP contribution in [0, 0.1) is 0 Å². The van der Waals surface area contributed by atoms with E-state index in [1.165, 1.54) is 0 Å². The highest BCUT2D eigenvalue weighted by Gasteiger charge is 2.18. The van der Waals surface area contributed by atoms with Gasteiger partial charge in [-0.2, -0.15) is 5.11 Å². The van der Waals surface area contributed by atoms with Crippen LogP contribution >= 0.6 is 23.5 Å². The fraction of sp³-hybridized carbons (Fsp3) is 0.700. The van der Waals surface area contributed by atoms with Crippen molar-refractivity contribution in [3.05, 3.63) is 9.93 Å². The van der Waals surface area contributed by atoms with Crippen molar-refractivity contribution in [1.82, 2.24) is 0 Å². The summed E-state index contributed by atoms with van der Waals surface area (Å²) in [7, 11) is 0. The smallest absolute Gasteiger partial charge is 0.181 e. The van der Waals surface area contributed by atoms with Crippen molar-refractivity contribution >= 4 is 29.3 Å². The predicted octanol–water partition coefficient (Wildman–Crippen LogP) is 3.48. The van der Waals surface area contributed by atoms with Crippen LogP contribution in [-0.2, 0) is 4.79 Å². The molecule has 3 nitrogen and oxygen atoms in total. The number of allylic oxidation sites excluding steroid dienone is 1. The number of ketones is 1. The van der Waals surface area contributed by atoms with Crippen molar-refractivity contribution in [2.24, 2.45) is 10.2 Å². The Kier molecular flexibility index (Phi) is 4.40. The molecule has 0 spiro atoms. The number of Topliss-reactive ketones (excluding diaryl/α,β-unsaturated/α-hetero) is 1. The van der Waals surface area contributed by atoms with Crippen molar-refractivity contribution in [3.8, 4) is 0 Å². The third kappa shape index (κ3) is 4.38. The van der Waals surface area contributed by atoms with Crippen LogP contribution in [0.15, 0.2) is 20.2 Å². The summed E-state index contributed by atoms with van der Waals surface area (Å²) in [6, 6.07) is 0. The molecule has 1 rings (SSSR count). The van der Waals surface area contributed by atoms with Gasteiger partial charge in [0.15, 0.2) is 5.78 Å².